The molecule has 0 aliphatic carbocycles. The highest BCUT2D eigenvalue weighted by molar-refractivity contribution is 5.55. The SMILES string of the molecule is Cc1ccc(COc2cccc(CNc3ccc4c(c3)OCO4)c2)cc1. The molecule has 0 spiro atoms. The predicted molar refractivity (Wildman–Crippen MR) is 102 cm³/mol. The third-order valence-corrected chi connectivity index (χ3v) is 4.29. The first-order valence-electron chi connectivity index (χ1n) is 8.67. The Morgan fingerprint density at radius 1 is 0.885 bits per heavy atom. The topological polar surface area (TPSA) is 39.7 Å². The Morgan fingerprint density at radius 2 is 1.73 bits per heavy atom. The van der Waals surface area contributed by atoms with Crippen LogP contribution in [0, 0.1) is 6.92 Å². The fourth-order valence-electron chi connectivity index (χ4n) is 2.81. The van der Waals surface area contributed by atoms with E-state index in [1.807, 2.05) is 30.3 Å². The average Bonchev–Trinajstić information content (AvgIpc) is 3.14. The third-order valence-electron chi connectivity index (χ3n) is 4.29. The molecule has 4 rings (SSSR count). The minimum absolute atomic E-state index is 0.291. The van der Waals surface area contributed by atoms with E-state index in [2.05, 4.69) is 48.6 Å². The van der Waals surface area contributed by atoms with Crippen LogP contribution in [-0.4, -0.2) is 6.79 Å². The van der Waals surface area contributed by atoms with Gasteiger partial charge in [0.2, 0.25) is 6.79 Å². The van der Waals surface area contributed by atoms with E-state index >= 15 is 0 Å². The van der Waals surface area contributed by atoms with E-state index in [1.165, 1.54) is 11.1 Å². The van der Waals surface area contributed by atoms with Gasteiger partial charge in [0.25, 0.3) is 0 Å². The summed E-state index contributed by atoms with van der Waals surface area (Å²) in [7, 11) is 0. The minimum atomic E-state index is 0.291. The molecule has 0 aromatic heterocycles. The van der Waals surface area contributed by atoms with Gasteiger partial charge in [0.15, 0.2) is 11.5 Å². The lowest BCUT2D eigenvalue weighted by atomic mass is 10.1. The predicted octanol–water partition coefficient (Wildman–Crippen LogP) is 4.91. The zero-order chi connectivity index (χ0) is 17.8. The second kappa shape index (κ2) is 7.40. The Morgan fingerprint density at radius 3 is 2.62 bits per heavy atom. The first-order chi connectivity index (χ1) is 12.8. The number of ether oxygens (including phenoxy) is 3. The molecule has 1 N–H and O–H groups in total. The molecule has 4 nitrogen and oxygen atoms in total. The molecule has 1 aliphatic heterocycles. The van der Waals surface area contributed by atoms with Gasteiger partial charge in [0.1, 0.15) is 12.4 Å². The molecule has 1 heterocycles. The van der Waals surface area contributed by atoms with Gasteiger partial charge in [0, 0.05) is 18.3 Å². The Hall–Kier alpha value is -3.14. The van der Waals surface area contributed by atoms with Gasteiger partial charge < -0.3 is 19.5 Å². The van der Waals surface area contributed by atoms with Crippen molar-refractivity contribution in [1.82, 2.24) is 0 Å². The molecule has 132 valence electrons. The first kappa shape index (κ1) is 16.3. The highest BCUT2D eigenvalue weighted by Gasteiger charge is 2.12. The lowest BCUT2D eigenvalue weighted by Crippen LogP contribution is -2.00. The fourth-order valence-corrected chi connectivity index (χ4v) is 2.81. The second-order valence-corrected chi connectivity index (χ2v) is 6.34. The summed E-state index contributed by atoms with van der Waals surface area (Å²) in [5.74, 6) is 2.45. The molecular weight excluding hydrogens is 326 g/mol. The molecule has 0 amide bonds. The summed E-state index contributed by atoms with van der Waals surface area (Å²) < 4.78 is 16.7. The molecule has 4 heteroatoms. The third kappa shape index (κ3) is 3.91. The van der Waals surface area contributed by atoms with E-state index in [-0.39, 0.29) is 0 Å². The number of hydrogen-bond acceptors (Lipinski definition) is 4. The summed E-state index contributed by atoms with van der Waals surface area (Å²) in [4.78, 5) is 0. The molecule has 0 saturated carbocycles. The second-order valence-electron chi connectivity index (χ2n) is 6.34. The van der Waals surface area contributed by atoms with Crippen molar-refractivity contribution in [2.75, 3.05) is 12.1 Å². The molecule has 3 aromatic rings. The summed E-state index contributed by atoms with van der Waals surface area (Å²) >= 11 is 0. The van der Waals surface area contributed by atoms with Crippen molar-refractivity contribution >= 4 is 5.69 Å². The standard InChI is InChI=1S/C22H21NO3/c1-16-5-7-17(8-6-16)14-24-20-4-2-3-18(11-20)13-23-19-9-10-21-22(12-19)26-15-25-21/h2-12,23H,13-15H2,1H3. The van der Waals surface area contributed by atoms with Crippen LogP contribution in [0.2, 0.25) is 0 Å². The molecule has 0 fully saturated rings. The molecule has 3 aromatic carbocycles. The van der Waals surface area contributed by atoms with Crippen LogP contribution in [0.4, 0.5) is 5.69 Å². The molecule has 0 atom stereocenters. The van der Waals surface area contributed by atoms with Gasteiger partial charge in [-0.1, -0.05) is 42.0 Å². The molecule has 0 unspecified atom stereocenters. The Labute approximate surface area is 153 Å². The normalized spacial score (nSPS) is 12.0. The lowest BCUT2D eigenvalue weighted by molar-refractivity contribution is 0.174. The number of fused-ring (bicyclic) bond motifs is 1. The number of anilines is 1. The maximum Gasteiger partial charge on any atom is 0.231 e. The van der Waals surface area contributed by atoms with Crippen LogP contribution in [-0.2, 0) is 13.2 Å². The van der Waals surface area contributed by atoms with Gasteiger partial charge in [0.05, 0.1) is 0 Å². The van der Waals surface area contributed by atoms with Gasteiger partial charge in [-0.2, -0.15) is 0 Å². The zero-order valence-corrected chi connectivity index (χ0v) is 14.7. The zero-order valence-electron chi connectivity index (χ0n) is 14.7. The monoisotopic (exact) mass is 347 g/mol. The summed E-state index contributed by atoms with van der Waals surface area (Å²) in [6, 6.07) is 22.4. The number of aryl methyl sites for hydroxylation is 1. The van der Waals surface area contributed by atoms with Crippen molar-refractivity contribution in [3.63, 3.8) is 0 Å². The van der Waals surface area contributed by atoms with E-state index in [0.29, 0.717) is 19.9 Å². The quantitative estimate of drug-likeness (QED) is 0.687. The summed E-state index contributed by atoms with van der Waals surface area (Å²) in [5.41, 5.74) is 4.58. The Bertz CT molecular complexity index is 890. The number of rotatable bonds is 6. The van der Waals surface area contributed by atoms with Crippen LogP contribution in [0.15, 0.2) is 66.7 Å². The number of benzene rings is 3. The van der Waals surface area contributed by atoms with E-state index in [9.17, 15) is 0 Å². The summed E-state index contributed by atoms with van der Waals surface area (Å²) in [6.45, 7) is 3.65. The van der Waals surface area contributed by atoms with Gasteiger partial charge in [-0.05, 0) is 42.3 Å². The number of nitrogens with one attached hydrogen (secondary N) is 1. The van der Waals surface area contributed by atoms with E-state index in [4.69, 9.17) is 14.2 Å². The van der Waals surface area contributed by atoms with Crippen LogP contribution in [0.5, 0.6) is 17.2 Å². The van der Waals surface area contributed by atoms with Crippen molar-refractivity contribution in [2.45, 2.75) is 20.1 Å². The van der Waals surface area contributed by atoms with Gasteiger partial charge >= 0.3 is 0 Å². The van der Waals surface area contributed by atoms with Crippen LogP contribution in [0.3, 0.4) is 0 Å². The highest BCUT2D eigenvalue weighted by Crippen LogP contribution is 2.34. The van der Waals surface area contributed by atoms with E-state index < -0.39 is 0 Å². The van der Waals surface area contributed by atoms with Crippen LogP contribution >= 0.6 is 0 Å². The molecule has 1 aliphatic rings. The maximum absolute atomic E-state index is 5.92. The van der Waals surface area contributed by atoms with E-state index in [1.54, 1.807) is 0 Å². The fraction of sp³-hybridized carbons (Fsp3) is 0.182. The van der Waals surface area contributed by atoms with Crippen molar-refractivity contribution in [1.29, 1.82) is 0 Å². The Balaban J connectivity index is 1.35. The van der Waals surface area contributed by atoms with Crippen LogP contribution in [0.25, 0.3) is 0 Å². The van der Waals surface area contributed by atoms with Gasteiger partial charge in [-0.25, -0.2) is 0 Å². The molecule has 0 saturated heterocycles. The summed E-state index contributed by atoms with van der Waals surface area (Å²) in [6.07, 6.45) is 0. The largest absolute Gasteiger partial charge is 0.489 e. The lowest BCUT2D eigenvalue weighted by Gasteiger charge is -2.10. The Kier molecular flexibility index (Phi) is 4.65. The molecular formula is C22H21NO3. The van der Waals surface area contributed by atoms with Crippen molar-refractivity contribution < 1.29 is 14.2 Å². The van der Waals surface area contributed by atoms with Crippen molar-refractivity contribution in [3.8, 4) is 17.2 Å². The van der Waals surface area contributed by atoms with E-state index in [0.717, 1.165) is 28.5 Å². The molecule has 0 radical (unpaired) electrons. The van der Waals surface area contributed by atoms with Gasteiger partial charge in [-0.3, -0.25) is 0 Å². The van der Waals surface area contributed by atoms with Crippen LogP contribution in [0.1, 0.15) is 16.7 Å². The van der Waals surface area contributed by atoms with Gasteiger partial charge in [-0.15, -0.1) is 0 Å². The van der Waals surface area contributed by atoms with Crippen molar-refractivity contribution in [2.24, 2.45) is 0 Å². The van der Waals surface area contributed by atoms with Crippen molar-refractivity contribution in [3.05, 3.63) is 83.4 Å². The highest BCUT2D eigenvalue weighted by atomic mass is 16.7. The first-order valence-corrected chi connectivity index (χ1v) is 8.67. The smallest absolute Gasteiger partial charge is 0.231 e. The average molecular weight is 347 g/mol. The maximum atomic E-state index is 5.92. The summed E-state index contributed by atoms with van der Waals surface area (Å²) in [5, 5.41) is 3.41. The number of hydrogen-bond donors (Lipinski definition) is 1. The molecule has 26 heavy (non-hydrogen) atoms. The molecule has 0 bridgehead atoms. The minimum Gasteiger partial charge on any atom is -0.489 e. The van der Waals surface area contributed by atoms with Crippen LogP contribution < -0.4 is 19.5 Å².